The smallest absolute Gasteiger partial charge is 0.134 e. The number of aromatic amines is 1. The van der Waals surface area contributed by atoms with E-state index in [4.69, 9.17) is 11.6 Å². The Kier molecular flexibility index (Phi) is 2.25. The van der Waals surface area contributed by atoms with Crippen LogP contribution in [0.4, 0.5) is 0 Å². The fourth-order valence-corrected chi connectivity index (χ4v) is 1.62. The van der Waals surface area contributed by atoms with Gasteiger partial charge in [0.05, 0.1) is 5.52 Å². The van der Waals surface area contributed by atoms with Crippen LogP contribution in [0.1, 0.15) is 12.5 Å². The summed E-state index contributed by atoms with van der Waals surface area (Å²) in [5.41, 5.74) is 1.77. The third kappa shape index (κ3) is 1.63. The molecule has 2 rings (SSSR count). The van der Waals surface area contributed by atoms with Gasteiger partial charge >= 0.3 is 0 Å². The van der Waals surface area contributed by atoms with Crippen molar-refractivity contribution in [3.63, 3.8) is 0 Å². The molecule has 0 bridgehead atoms. The van der Waals surface area contributed by atoms with E-state index in [0.717, 1.165) is 16.5 Å². The Labute approximate surface area is 86.1 Å². The van der Waals surface area contributed by atoms with E-state index in [-0.39, 0.29) is 5.78 Å². The zero-order chi connectivity index (χ0) is 10.1. The molecule has 0 saturated heterocycles. The van der Waals surface area contributed by atoms with Crippen molar-refractivity contribution in [2.75, 3.05) is 0 Å². The van der Waals surface area contributed by atoms with E-state index in [2.05, 4.69) is 10.2 Å². The first-order valence-electron chi connectivity index (χ1n) is 4.29. The summed E-state index contributed by atoms with van der Waals surface area (Å²) in [5.74, 6) is 0.144. The number of Topliss-reactive ketones (excluding diaryl/α,β-unsaturated/α-hetero) is 1. The number of aromatic nitrogens is 2. The van der Waals surface area contributed by atoms with Gasteiger partial charge in [0, 0.05) is 11.8 Å². The van der Waals surface area contributed by atoms with Crippen LogP contribution in [0.3, 0.4) is 0 Å². The highest BCUT2D eigenvalue weighted by Crippen LogP contribution is 2.21. The number of carbonyl (C=O) groups excluding carboxylic acids is 1. The van der Waals surface area contributed by atoms with Crippen LogP contribution in [0.15, 0.2) is 18.2 Å². The Hall–Kier alpha value is -1.35. The molecule has 1 aromatic heterocycles. The third-order valence-electron chi connectivity index (χ3n) is 2.03. The van der Waals surface area contributed by atoms with Crippen LogP contribution in [0.2, 0.25) is 5.15 Å². The molecule has 1 heterocycles. The monoisotopic (exact) mass is 208 g/mol. The number of ketones is 1. The number of halogens is 1. The van der Waals surface area contributed by atoms with Crippen LogP contribution in [0, 0.1) is 0 Å². The number of rotatable bonds is 2. The lowest BCUT2D eigenvalue weighted by Crippen LogP contribution is -1.95. The molecule has 0 spiro atoms. The van der Waals surface area contributed by atoms with Crippen LogP contribution < -0.4 is 0 Å². The summed E-state index contributed by atoms with van der Waals surface area (Å²) < 4.78 is 0. The average molecular weight is 209 g/mol. The number of nitrogens with zero attached hydrogens (tertiary/aromatic N) is 1. The first kappa shape index (κ1) is 9.21. The minimum atomic E-state index is 0.144. The van der Waals surface area contributed by atoms with E-state index >= 15 is 0 Å². The predicted molar refractivity (Wildman–Crippen MR) is 55.5 cm³/mol. The number of H-pyrrole nitrogens is 1. The maximum absolute atomic E-state index is 10.9. The van der Waals surface area contributed by atoms with Crippen molar-refractivity contribution in [3.8, 4) is 0 Å². The lowest BCUT2D eigenvalue weighted by Gasteiger charge is -1.96. The molecule has 0 amide bonds. The molecular formula is C10H9ClN2O. The zero-order valence-corrected chi connectivity index (χ0v) is 8.43. The molecule has 0 radical (unpaired) electrons. The van der Waals surface area contributed by atoms with Gasteiger partial charge in [0.25, 0.3) is 0 Å². The number of fused-ring (bicyclic) bond motifs is 1. The molecule has 0 atom stereocenters. The highest BCUT2D eigenvalue weighted by molar-refractivity contribution is 6.34. The van der Waals surface area contributed by atoms with Crippen LogP contribution in [-0.2, 0) is 11.2 Å². The molecule has 0 fully saturated rings. The lowest BCUT2D eigenvalue weighted by atomic mass is 10.1. The number of benzene rings is 1. The van der Waals surface area contributed by atoms with E-state index < -0.39 is 0 Å². The van der Waals surface area contributed by atoms with Gasteiger partial charge in [0.15, 0.2) is 0 Å². The molecule has 4 heteroatoms. The van der Waals surface area contributed by atoms with Gasteiger partial charge in [-0.05, 0) is 24.6 Å². The van der Waals surface area contributed by atoms with Crippen molar-refractivity contribution in [3.05, 3.63) is 28.9 Å². The van der Waals surface area contributed by atoms with E-state index in [1.807, 2.05) is 18.2 Å². The SMILES string of the molecule is CC(=O)Cc1ccc2c(Cl)[nH]nc2c1. The second kappa shape index (κ2) is 3.42. The number of hydrogen-bond acceptors (Lipinski definition) is 2. The Morgan fingerprint density at radius 2 is 2.36 bits per heavy atom. The Morgan fingerprint density at radius 1 is 1.57 bits per heavy atom. The van der Waals surface area contributed by atoms with Crippen LogP contribution >= 0.6 is 11.6 Å². The van der Waals surface area contributed by atoms with Crippen LogP contribution in [-0.4, -0.2) is 16.0 Å². The normalized spacial score (nSPS) is 10.7. The first-order valence-corrected chi connectivity index (χ1v) is 4.66. The minimum absolute atomic E-state index is 0.144. The lowest BCUT2D eigenvalue weighted by molar-refractivity contribution is -0.116. The molecule has 72 valence electrons. The van der Waals surface area contributed by atoms with Gasteiger partial charge in [-0.2, -0.15) is 5.10 Å². The Bertz CT molecular complexity index is 490. The molecule has 0 unspecified atom stereocenters. The second-order valence-corrected chi connectivity index (χ2v) is 3.65. The topological polar surface area (TPSA) is 45.8 Å². The number of carbonyl (C=O) groups is 1. The van der Waals surface area contributed by atoms with Crippen LogP contribution in [0.25, 0.3) is 10.9 Å². The molecular weight excluding hydrogens is 200 g/mol. The van der Waals surface area contributed by atoms with E-state index in [1.165, 1.54) is 0 Å². The van der Waals surface area contributed by atoms with Gasteiger partial charge in [-0.25, -0.2) is 0 Å². The quantitative estimate of drug-likeness (QED) is 0.824. The van der Waals surface area contributed by atoms with Crippen molar-refractivity contribution < 1.29 is 4.79 Å². The largest absolute Gasteiger partial charge is 0.300 e. The molecule has 0 aliphatic rings. The van der Waals surface area contributed by atoms with Gasteiger partial charge < -0.3 is 0 Å². The van der Waals surface area contributed by atoms with Crippen molar-refractivity contribution in [1.82, 2.24) is 10.2 Å². The summed E-state index contributed by atoms with van der Waals surface area (Å²) in [6.45, 7) is 1.57. The first-order chi connectivity index (χ1) is 6.66. The maximum Gasteiger partial charge on any atom is 0.134 e. The van der Waals surface area contributed by atoms with Gasteiger partial charge in [0.2, 0.25) is 0 Å². The summed E-state index contributed by atoms with van der Waals surface area (Å²) in [6.07, 6.45) is 0.445. The van der Waals surface area contributed by atoms with Gasteiger partial charge in [-0.1, -0.05) is 17.7 Å². The van der Waals surface area contributed by atoms with E-state index in [9.17, 15) is 4.79 Å². The summed E-state index contributed by atoms with van der Waals surface area (Å²) in [4.78, 5) is 10.9. The molecule has 2 aromatic rings. The number of nitrogens with one attached hydrogen (secondary N) is 1. The third-order valence-corrected chi connectivity index (χ3v) is 2.31. The highest BCUT2D eigenvalue weighted by atomic mass is 35.5. The van der Waals surface area contributed by atoms with Gasteiger partial charge in [0.1, 0.15) is 10.9 Å². The summed E-state index contributed by atoms with van der Waals surface area (Å²) >= 11 is 5.85. The fraction of sp³-hybridized carbons (Fsp3) is 0.200. The molecule has 14 heavy (non-hydrogen) atoms. The fourth-order valence-electron chi connectivity index (χ4n) is 1.42. The van der Waals surface area contributed by atoms with Crippen molar-refractivity contribution >= 4 is 28.3 Å². The standard InChI is InChI=1S/C10H9ClN2O/c1-6(14)4-7-2-3-8-9(5-7)12-13-10(8)11/h2-3,5H,4H2,1H3,(H,12,13). The molecule has 3 nitrogen and oxygen atoms in total. The van der Waals surface area contributed by atoms with E-state index in [0.29, 0.717) is 11.6 Å². The predicted octanol–water partition coefficient (Wildman–Crippen LogP) is 2.35. The minimum Gasteiger partial charge on any atom is -0.300 e. The highest BCUT2D eigenvalue weighted by Gasteiger charge is 2.04. The van der Waals surface area contributed by atoms with Crippen molar-refractivity contribution in [2.45, 2.75) is 13.3 Å². The summed E-state index contributed by atoms with van der Waals surface area (Å²) in [6, 6.07) is 5.64. The maximum atomic E-state index is 10.9. The van der Waals surface area contributed by atoms with Gasteiger partial charge in [-0.3, -0.25) is 9.89 Å². The Morgan fingerprint density at radius 3 is 3.07 bits per heavy atom. The van der Waals surface area contributed by atoms with E-state index in [1.54, 1.807) is 6.92 Å². The van der Waals surface area contributed by atoms with Crippen molar-refractivity contribution in [1.29, 1.82) is 0 Å². The summed E-state index contributed by atoms with van der Waals surface area (Å²) in [5, 5.41) is 8.13. The molecule has 0 aliphatic heterocycles. The molecule has 0 saturated carbocycles. The molecule has 1 aromatic carbocycles. The second-order valence-electron chi connectivity index (χ2n) is 3.27. The molecule has 1 N–H and O–H groups in total. The number of hydrogen-bond donors (Lipinski definition) is 1. The summed E-state index contributed by atoms with van der Waals surface area (Å²) in [7, 11) is 0. The van der Waals surface area contributed by atoms with Gasteiger partial charge in [-0.15, -0.1) is 0 Å². The van der Waals surface area contributed by atoms with Crippen LogP contribution in [0.5, 0.6) is 0 Å². The molecule has 0 aliphatic carbocycles. The average Bonchev–Trinajstić information content (AvgIpc) is 2.46. The van der Waals surface area contributed by atoms with Crippen molar-refractivity contribution in [2.24, 2.45) is 0 Å². The Balaban J connectivity index is 2.46. The zero-order valence-electron chi connectivity index (χ0n) is 7.67.